The van der Waals surface area contributed by atoms with E-state index in [1.807, 2.05) is 0 Å². The van der Waals surface area contributed by atoms with Gasteiger partial charge >= 0.3 is 42.2 Å². The average molecular weight is 1200 g/mol. The Morgan fingerprint density at radius 3 is 0.914 bits per heavy atom. The molecule has 0 fully saturated rings. The van der Waals surface area contributed by atoms with Gasteiger partial charge in [-0.25, -0.2) is 24.0 Å². The number of alkyl halides is 3. The van der Waals surface area contributed by atoms with Crippen LogP contribution in [0.2, 0.25) is 0 Å². The van der Waals surface area contributed by atoms with Crippen LogP contribution in [-0.2, 0) is 119 Å². The number of esters is 4. The van der Waals surface area contributed by atoms with Crippen LogP contribution in [0.1, 0.15) is 51.4 Å². The van der Waals surface area contributed by atoms with Crippen LogP contribution in [0.4, 0.5) is 13.2 Å². The summed E-state index contributed by atoms with van der Waals surface area (Å²) in [5, 5.41) is 16.8. The van der Waals surface area contributed by atoms with Crippen molar-refractivity contribution in [1.29, 1.82) is 0 Å². The van der Waals surface area contributed by atoms with Crippen molar-refractivity contribution < 1.29 is 150 Å². The van der Waals surface area contributed by atoms with Gasteiger partial charge in [0.2, 0.25) is 6.29 Å². The van der Waals surface area contributed by atoms with E-state index in [0.29, 0.717) is 171 Å². The number of Topliss-reactive ketones (excluding diaryl/α,β-unsaturated/α-hetero) is 1. The van der Waals surface area contributed by atoms with Crippen LogP contribution in [0, 0.1) is 0 Å². The molecule has 0 unspecified atom stereocenters. The van der Waals surface area contributed by atoms with Gasteiger partial charge in [0.15, 0.2) is 5.78 Å². The van der Waals surface area contributed by atoms with E-state index < -0.39 is 30.0 Å². The molecule has 0 aliphatic carbocycles. The summed E-state index contributed by atoms with van der Waals surface area (Å²) in [4.78, 5) is 75.3. The maximum absolute atomic E-state index is 10.9. The van der Waals surface area contributed by atoms with E-state index in [0.717, 1.165) is 0 Å². The van der Waals surface area contributed by atoms with Crippen molar-refractivity contribution in [2.24, 2.45) is 0 Å². The van der Waals surface area contributed by atoms with Gasteiger partial charge in [-0.3, -0.25) is 9.59 Å². The highest BCUT2D eigenvalue weighted by Crippen LogP contribution is 2.08. The molecule has 0 spiro atoms. The van der Waals surface area contributed by atoms with E-state index in [4.69, 9.17) is 104 Å². The summed E-state index contributed by atoms with van der Waals surface area (Å²) < 4.78 is 132. The quantitative estimate of drug-likeness (QED) is 0.0164. The van der Waals surface area contributed by atoms with Crippen molar-refractivity contribution in [1.82, 2.24) is 0 Å². The molecule has 2 N–H and O–H groups in total. The second-order valence-electron chi connectivity index (χ2n) is 15.4. The zero-order valence-electron chi connectivity index (χ0n) is 49.9. The number of nitrogens with zero attached hydrogens (tertiary/aromatic N) is 2. The number of rotatable bonds is 49. The molecule has 0 heterocycles. The number of ether oxygens (including phenoxy) is 18. The lowest BCUT2D eigenvalue weighted by Crippen LogP contribution is -2.24. The Hall–Kier alpha value is -4.74. The first-order valence-electron chi connectivity index (χ1n) is 26.5. The Kier molecular flexibility index (Phi) is 69.2. The predicted molar refractivity (Wildman–Crippen MR) is 277 cm³/mol. The molecule has 0 atom stereocenters. The Balaban J connectivity index is -0.000000234. The predicted octanol–water partition coefficient (Wildman–Crippen LogP) is 1.17. The van der Waals surface area contributed by atoms with Crippen LogP contribution in [0.25, 0.3) is 5.53 Å². The van der Waals surface area contributed by atoms with Crippen LogP contribution >= 0.6 is 0 Å². The van der Waals surface area contributed by atoms with Gasteiger partial charge in [0.25, 0.3) is 0 Å². The number of aldehydes is 1. The molecule has 81 heavy (non-hydrogen) atoms. The normalized spacial score (nSPS) is 10.7. The van der Waals surface area contributed by atoms with Gasteiger partial charge in [-0.15, -0.1) is 0 Å². The largest absolute Gasteiger partial charge is 0.480 e. The van der Waals surface area contributed by atoms with E-state index in [2.05, 4.69) is 9.53 Å². The zero-order chi connectivity index (χ0) is 63.9. The molecule has 0 aliphatic rings. The minimum atomic E-state index is -4.64. The van der Waals surface area contributed by atoms with Crippen LogP contribution in [-0.4, -0.2) is 286 Å². The molecule has 0 radical (unpaired) electrons. The van der Waals surface area contributed by atoms with Gasteiger partial charge in [0.1, 0.15) is 38.6 Å². The van der Waals surface area contributed by atoms with Crippen molar-refractivity contribution in [3.63, 3.8) is 0 Å². The number of carbonyl (C=O) groups excluding carboxylic acids is 6. The second-order valence-corrected chi connectivity index (χ2v) is 15.4. The fraction of sp³-hybridized carbons (Fsp3) is 0.837. The molecule has 0 aromatic heterocycles. The zero-order valence-corrected chi connectivity index (χ0v) is 47.9. The van der Waals surface area contributed by atoms with Gasteiger partial charge in [-0.1, -0.05) is 0 Å². The summed E-state index contributed by atoms with van der Waals surface area (Å²) in [5.41, 5.74) is 7.37. The molecule has 0 rings (SSSR count). The fourth-order valence-electron chi connectivity index (χ4n) is 4.10. The maximum atomic E-state index is 10.9. The summed E-state index contributed by atoms with van der Waals surface area (Å²) in [7, 11) is 0. The summed E-state index contributed by atoms with van der Waals surface area (Å²) in [6, 6.07) is 0. The Morgan fingerprint density at radius 2 is 0.716 bits per heavy atom. The third-order valence-electron chi connectivity index (χ3n) is 7.14. The molecular weight excluding hydrogens is 1110 g/mol. The molecule has 0 bridgehead atoms. The first-order chi connectivity index (χ1) is 39.7. The maximum Gasteiger partial charge on any atom is 0.446 e. The number of aliphatic hydroxyl groups is 1. The third kappa shape index (κ3) is 94.8. The smallest absolute Gasteiger partial charge is 0.446 e. The highest BCUT2D eigenvalue weighted by atomic mass is 19.4. The number of hydrogen-bond acceptors (Lipinski definition) is 26. The van der Waals surface area contributed by atoms with Crippen LogP contribution in [0.15, 0.2) is 0 Å². The highest BCUT2D eigenvalue weighted by molar-refractivity contribution is 6.20. The SMILES string of the molecule is CC(C)(C)OC(=O)C=[N+]=[N-].CCOC(=O)COCCOCCOCCOCCO.CCOC(=O)COCCOCCOCCOCCOCC(=O)O.CCOC(=O)COCCOCCOCCOCCOCC(C)=O.O=CC(F)(F)F.[2H][3H]. The lowest BCUT2D eigenvalue weighted by Gasteiger charge is -2.16. The number of carboxylic acids is 1. The molecular formula is C49H91F3N2O27. The molecule has 32 heteroatoms. The van der Waals surface area contributed by atoms with Crippen LogP contribution in [0.5, 0.6) is 0 Å². The van der Waals surface area contributed by atoms with Gasteiger partial charge in [0.05, 0.1) is 178 Å². The van der Waals surface area contributed by atoms with Crippen LogP contribution < -0.4 is 0 Å². The van der Waals surface area contributed by atoms with E-state index in [9.17, 15) is 41.9 Å². The van der Waals surface area contributed by atoms with E-state index in [-0.39, 0.29) is 69.9 Å². The van der Waals surface area contributed by atoms with Gasteiger partial charge in [-0.2, -0.15) is 18.0 Å². The fourth-order valence-corrected chi connectivity index (χ4v) is 4.10. The minimum Gasteiger partial charge on any atom is -0.480 e. The summed E-state index contributed by atoms with van der Waals surface area (Å²) >= 11 is 0. The monoisotopic (exact) mass is 1200 g/mol. The Morgan fingerprint density at radius 1 is 0.481 bits per heavy atom. The molecule has 29 nitrogen and oxygen atoms in total. The van der Waals surface area contributed by atoms with Crippen molar-refractivity contribution in [3.8, 4) is 0 Å². The number of hydrogen-bond donors (Lipinski definition) is 2. The molecule has 0 amide bonds. The first kappa shape index (κ1) is 82.7. The number of aliphatic carboxylic acids is 1. The highest BCUT2D eigenvalue weighted by Gasteiger charge is 2.25. The summed E-state index contributed by atoms with van der Waals surface area (Å²) in [5.74, 6) is -2.77. The summed E-state index contributed by atoms with van der Waals surface area (Å²) in [6.45, 7) is 21.9. The molecule has 0 saturated heterocycles. The van der Waals surface area contributed by atoms with E-state index >= 15 is 0 Å². The molecule has 480 valence electrons. The summed E-state index contributed by atoms with van der Waals surface area (Å²) in [6.07, 6.45) is -4.99. The first-order valence-corrected chi connectivity index (χ1v) is 25.5. The number of halogens is 3. The van der Waals surface area contributed by atoms with Gasteiger partial charge in [0, 0.05) is 2.97 Å². The lowest BCUT2D eigenvalue weighted by atomic mass is 10.2. The topological polar surface area (TPSA) is 362 Å². The molecule has 0 aromatic carbocycles. The average Bonchev–Trinajstić information content (AvgIpc) is 3.42. The van der Waals surface area contributed by atoms with Crippen molar-refractivity contribution in [3.05, 3.63) is 5.53 Å². The number of carboxylic acid groups (broad SMARTS) is 1. The number of aliphatic hydroxyl groups excluding tert-OH is 1. The molecule has 0 aromatic rings. The van der Waals surface area contributed by atoms with E-state index in [1.54, 1.807) is 41.5 Å². The standard InChI is InChI=1S/C15H28O8.C14H26O9.C12H24O7.C6H10N2O2.C2HF3O.H2/c1-3-23-15(17)13-22-11-9-20-7-5-18-4-6-19-8-10-21-12-14(2)16;1-2-23-14(17)12-22-10-8-20-6-4-18-3-5-19-7-9-21-11-13(15)16;1-2-19-12(14)11-18-10-9-17-8-7-16-6-5-15-4-3-13;1-6(2,3)10-5(9)4-8-7;3-2(4,5)1-6;/h3-13H2,1-2H3;2-12H2,1H3,(H,15,16);13H,2-11H2,1H3;4H,1-3H3;1H;1H/i;;;;;1+2D. The Labute approximate surface area is 474 Å². The van der Waals surface area contributed by atoms with Crippen LogP contribution in [0.3, 0.4) is 0 Å². The lowest BCUT2D eigenvalue weighted by molar-refractivity contribution is -0.156. The van der Waals surface area contributed by atoms with Crippen molar-refractivity contribution in [2.45, 2.75) is 60.2 Å². The number of carbonyl (C=O) groups is 7. The van der Waals surface area contributed by atoms with Crippen molar-refractivity contribution in [2.75, 3.05) is 211 Å². The molecule has 0 aliphatic heterocycles. The van der Waals surface area contributed by atoms with Gasteiger partial charge < -0.3 is 101 Å². The second kappa shape index (κ2) is 67.8. The number of ketones is 1. The molecule has 0 saturated carbocycles. The third-order valence-corrected chi connectivity index (χ3v) is 7.14. The minimum absolute atomic E-state index is 0.000347. The van der Waals surface area contributed by atoms with Crippen molar-refractivity contribution >= 4 is 48.1 Å². The Bertz CT molecular complexity index is 1480. The van der Waals surface area contributed by atoms with E-state index in [1.165, 1.54) is 6.92 Å². The van der Waals surface area contributed by atoms with Gasteiger partial charge in [-0.05, 0) is 48.5 Å².